The SMILES string of the molecule is O=C(CN1CCCC(c2ccccc2)(c2ccccc2)C1=O)NC1CN(Cc2cccc(C(F)(F)F)c2F)C1. The van der Waals surface area contributed by atoms with Gasteiger partial charge in [0.25, 0.3) is 0 Å². The number of hydrogen-bond acceptors (Lipinski definition) is 3. The van der Waals surface area contributed by atoms with Crippen molar-refractivity contribution in [1.82, 2.24) is 15.1 Å². The van der Waals surface area contributed by atoms with Gasteiger partial charge in [0.2, 0.25) is 11.8 Å². The molecule has 5 rings (SSSR count). The molecule has 0 bridgehead atoms. The average molecular weight is 540 g/mol. The lowest BCUT2D eigenvalue weighted by Crippen LogP contribution is -2.61. The van der Waals surface area contributed by atoms with Crippen LogP contribution in [0.3, 0.4) is 0 Å². The maximum atomic E-state index is 14.3. The summed E-state index contributed by atoms with van der Waals surface area (Å²) in [6.07, 6.45) is -3.37. The molecule has 2 saturated heterocycles. The molecule has 0 unspecified atom stereocenters. The lowest BCUT2D eigenvalue weighted by Gasteiger charge is -2.43. The summed E-state index contributed by atoms with van der Waals surface area (Å²) in [5.41, 5.74) is -0.403. The van der Waals surface area contributed by atoms with Crippen molar-refractivity contribution in [1.29, 1.82) is 0 Å². The van der Waals surface area contributed by atoms with Crippen LogP contribution < -0.4 is 5.32 Å². The fraction of sp³-hybridized carbons (Fsp3) is 0.333. The third-order valence-electron chi connectivity index (χ3n) is 7.60. The molecule has 2 fully saturated rings. The lowest BCUT2D eigenvalue weighted by molar-refractivity contribution is -0.143. The van der Waals surface area contributed by atoms with E-state index in [9.17, 15) is 27.2 Å². The van der Waals surface area contributed by atoms with Gasteiger partial charge in [-0.3, -0.25) is 14.5 Å². The number of rotatable bonds is 7. The van der Waals surface area contributed by atoms with E-state index in [0.29, 0.717) is 26.1 Å². The van der Waals surface area contributed by atoms with E-state index in [2.05, 4.69) is 5.32 Å². The van der Waals surface area contributed by atoms with Crippen LogP contribution in [-0.4, -0.2) is 53.8 Å². The molecule has 0 aromatic heterocycles. The summed E-state index contributed by atoms with van der Waals surface area (Å²) in [6.45, 7) is 1.17. The van der Waals surface area contributed by atoms with Crippen LogP contribution in [0.1, 0.15) is 35.1 Å². The Morgan fingerprint density at radius 2 is 1.54 bits per heavy atom. The maximum absolute atomic E-state index is 14.3. The monoisotopic (exact) mass is 539 g/mol. The van der Waals surface area contributed by atoms with Gasteiger partial charge in [0.1, 0.15) is 5.82 Å². The molecule has 0 aliphatic carbocycles. The molecule has 1 N–H and O–H groups in total. The van der Waals surface area contributed by atoms with Gasteiger partial charge in [0.05, 0.1) is 23.6 Å². The zero-order valence-electron chi connectivity index (χ0n) is 21.3. The summed E-state index contributed by atoms with van der Waals surface area (Å²) < 4.78 is 53.3. The Hall–Kier alpha value is -3.72. The fourth-order valence-electron chi connectivity index (χ4n) is 5.71. The van der Waals surface area contributed by atoms with Crippen LogP contribution in [0.15, 0.2) is 78.9 Å². The zero-order chi connectivity index (χ0) is 27.6. The molecule has 2 aliphatic heterocycles. The molecule has 9 heteroatoms. The van der Waals surface area contributed by atoms with Crippen LogP contribution in [-0.2, 0) is 27.7 Å². The second-order valence-corrected chi connectivity index (χ2v) is 10.2. The van der Waals surface area contributed by atoms with Gasteiger partial charge in [-0.2, -0.15) is 13.2 Å². The topological polar surface area (TPSA) is 52.7 Å². The van der Waals surface area contributed by atoms with Gasteiger partial charge in [-0.15, -0.1) is 0 Å². The summed E-state index contributed by atoms with van der Waals surface area (Å²) in [7, 11) is 0. The van der Waals surface area contributed by atoms with Gasteiger partial charge >= 0.3 is 6.18 Å². The second kappa shape index (κ2) is 10.8. The van der Waals surface area contributed by atoms with Crippen LogP contribution in [0.4, 0.5) is 17.6 Å². The summed E-state index contributed by atoms with van der Waals surface area (Å²) in [4.78, 5) is 30.2. The Labute approximate surface area is 224 Å². The molecule has 3 aromatic rings. The van der Waals surface area contributed by atoms with Crippen molar-refractivity contribution in [2.24, 2.45) is 0 Å². The summed E-state index contributed by atoms with van der Waals surface area (Å²) in [5, 5.41) is 2.91. The maximum Gasteiger partial charge on any atom is 0.419 e. The molecule has 0 spiro atoms. The number of hydrogen-bond donors (Lipinski definition) is 1. The summed E-state index contributed by atoms with van der Waals surface area (Å²) in [6, 6.07) is 22.3. The molecule has 2 amide bonds. The number of nitrogens with zero attached hydrogens (tertiary/aromatic N) is 2. The van der Waals surface area contributed by atoms with E-state index in [1.54, 1.807) is 9.80 Å². The second-order valence-electron chi connectivity index (χ2n) is 10.2. The average Bonchev–Trinajstić information content (AvgIpc) is 2.90. The first-order valence-electron chi connectivity index (χ1n) is 13.0. The summed E-state index contributed by atoms with van der Waals surface area (Å²) >= 11 is 0. The molecule has 0 atom stereocenters. The highest BCUT2D eigenvalue weighted by Gasteiger charge is 2.47. The quantitative estimate of drug-likeness (QED) is 0.441. The Balaban J connectivity index is 1.21. The van der Waals surface area contributed by atoms with Crippen molar-refractivity contribution >= 4 is 11.8 Å². The van der Waals surface area contributed by atoms with Crippen molar-refractivity contribution < 1.29 is 27.2 Å². The highest BCUT2D eigenvalue weighted by molar-refractivity contribution is 5.95. The van der Waals surface area contributed by atoms with Gasteiger partial charge in [0.15, 0.2) is 0 Å². The summed E-state index contributed by atoms with van der Waals surface area (Å²) in [5.74, 6) is -1.67. The molecule has 2 heterocycles. The molecule has 2 aliphatic rings. The number of likely N-dealkylation sites (tertiary alicyclic amines) is 2. The van der Waals surface area contributed by atoms with Crippen LogP contribution in [0.25, 0.3) is 0 Å². The Morgan fingerprint density at radius 1 is 0.923 bits per heavy atom. The number of piperidine rings is 1. The van der Waals surface area contributed by atoms with E-state index < -0.39 is 23.0 Å². The van der Waals surface area contributed by atoms with Gasteiger partial charge in [-0.25, -0.2) is 4.39 Å². The molecule has 0 saturated carbocycles. The first-order chi connectivity index (χ1) is 18.7. The number of halogens is 4. The minimum absolute atomic E-state index is 0.0173. The minimum Gasteiger partial charge on any atom is -0.349 e. The van der Waals surface area contributed by atoms with E-state index in [0.717, 1.165) is 23.6 Å². The van der Waals surface area contributed by atoms with Crippen LogP contribution in [0, 0.1) is 5.82 Å². The molecule has 0 radical (unpaired) electrons. The van der Waals surface area contributed by atoms with Crippen molar-refractivity contribution in [3.05, 3.63) is 107 Å². The van der Waals surface area contributed by atoms with Crippen molar-refractivity contribution in [2.45, 2.75) is 37.0 Å². The predicted octanol–water partition coefficient (Wildman–Crippen LogP) is 4.75. The third kappa shape index (κ3) is 5.41. The molecule has 5 nitrogen and oxygen atoms in total. The Bertz CT molecular complexity index is 1290. The normalized spacial score (nSPS) is 18.1. The van der Waals surface area contributed by atoms with Crippen molar-refractivity contribution in [3.63, 3.8) is 0 Å². The predicted molar refractivity (Wildman–Crippen MR) is 138 cm³/mol. The minimum atomic E-state index is -4.75. The van der Waals surface area contributed by atoms with E-state index in [4.69, 9.17) is 0 Å². The Morgan fingerprint density at radius 3 is 2.13 bits per heavy atom. The van der Waals surface area contributed by atoms with E-state index >= 15 is 0 Å². The molecule has 39 heavy (non-hydrogen) atoms. The number of alkyl halides is 3. The third-order valence-corrected chi connectivity index (χ3v) is 7.60. The molecule has 3 aromatic carbocycles. The number of benzene rings is 3. The molecule has 204 valence electrons. The number of carbonyl (C=O) groups excluding carboxylic acids is 2. The fourth-order valence-corrected chi connectivity index (χ4v) is 5.71. The lowest BCUT2D eigenvalue weighted by atomic mass is 9.68. The Kier molecular flexibility index (Phi) is 7.44. The van der Waals surface area contributed by atoms with E-state index in [-0.39, 0.29) is 36.5 Å². The number of nitrogens with one attached hydrogen (secondary N) is 1. The standard InChI is InChI=1S/C30H29F4N3O2/c31-27-21(9-7-14-25(27)30(32,33)34)17-36-18-24(19-36)35-26(38)20-37-16-8-15-29(28(37)39,22-10-3-1-4-11-22)23-12-5-2-6-13-23/h1-7,9-14,24H,8,15-20H2,(H,35,38). The highest BCUT2D eigenvalue weighted by atomic mass is 19.4. The van der Waals surface area contributed by atoms with Crippen LogP contribution in [0.5, 0.6) is 0 Å². The largest absolute Gasteiger partial charge is 0.419 e. The van der Waals surface area contributed by atoms with Gasteiger partial charge < -0.3 is 10.2 Å². The zero-order valence-corrected chi connectivity index (χ0v) is 21.3. The molecular weight excluding hydrogens is 510 g/mol. The number of amides is 2. The van der Waals surface area contributed by atoms with Crippen LogP contribution >= 0.6 is 0 Å². The molecular formula is C30H29F4N3O2. The first-order valence-corrected chi connectivity index (χ1v) is 13.0. The van der Waals surface area contributed by atoms with E-state index in [1.165, 1.54) is 12.1 Å². The van der Waals surface area contributed by atoms with Gasteiger partial charge in [-0.1, -0.05) is 72.8 Å². The smallest absolute Gasteiger partial charge is 0.349 e. The van der Waals surface area contributed by atoms with Crippen molar-refractivity contribution in [3.8, 4) is 0 Å². The highest BCUT2D eigenvalue weighted by Crippen LogP contribution is 2.41. The van der Waals surface area contributed by atoms with Gasteiger partial charge in [0, 0.05) is 31.7 Å². The first kappa shape index (κ1) is 26.9. The number of carbonyl (C=O) groups is 2. The van der Waals surface area contributed by atoms with Crippen LogP contribution in [0.2, 0.25) is 0 Å². The van der Waals surface area contributed by atoms with E-state index in [1.807, 2.05) is 60.7 Å². The van der Waals surface area contributed by atoms with Crippen molar-refractivity contribution in [2.75, 3.05) is 26.2 Å². The van der Waals surface area contributed by atoms with Gasteiger partial charge in [-0.05, 0) is 30.0 Å².